The first-order valence-corrected chi connectivity index (χ1v) is 12.9. The monoisotopic (exact) mass is 583 g/mol. The van der Waals surface area contributed by atoms with Gasteiger partial charge in [0.1, 0.15) is 23.9 Å². The Balaban J connectivity index is 1.78. The molecule has 3 aromatic rings. The predicted octanol–water partition coefficient (Wildman–Crippen LogP) is -2.00. The maximum atomic E-state index is 13.4. The lowest BCUT2D eigenvalue weighted by molar-refractivity contribution is -0.142. The number of carboxylic acid groups (broad SMARTS) is 1. The fraction of sp³-hybridized carbons (Fsp3) is 0.346. The van der Waals surface area contributed by atoms with Gasteiger partial charge in [-0.3, -0.25) is 19.2 Å². The molecule has 0 fully saturated rings. The van der Waals surface area contributed by atoms with Gasteiger partial charge < -0.3 is 47.6 Å². The van der Waals surface area contributed by atoms with E-state index >= 15 is 0 Å². The largest absolute Gasteiger partial charge is 0.508 e. The van der Waals surface area contributed by atoms with Gasteiger partial charge in [-0.2, -0.15) is 0 Å². The van der Waals surface area contributed by atoms with Crippen molar-refractivity contribution in [3.8, 4) is 5.75 Å². The van der Waals surface area contributed by atoms with E-state index in [1.807, 2.05) is 0 Å². The highest BCUT2D eigenvalue weighted by Crippen LogP contribution is 2.12. The van der Waals surface area contributed by atoms with Crippen LogP contribution in [0.5, 0.6) is 5.75 Å². The van der Waals surface area contributed by atoms with Crippen LogP contribution in [-0.2, 0) is 43.2 Å². The number of aliphatic carboxylic acids is 1. The Morgan fingerprint density at radius 2 is 1.33 bits per heavy atom. The second kappa shape index (κ2) is 14.9. The zero-order valence-corrected chi connectivity index (χ0v) is 22.4. The topological polar surface area (TPSA) is 271 Å². The Morgan fingerprint density at radius 1 is 0.786 bits per heavy atom. The first-order valence-electron chi connectivity index (χ1n) is 12.9. The first-order chi connectivity index (χ1) is 20.0. The molecule has 0 aliphatic heterocycles. The number of nitrogens with one attached hydrogen (secondary N) is 5. The number of phenols is 1. The third kappa shape index (κ3) is 9.74. The normalized spacial score (nSPS) is 13.7. The van der Waals surface area contributed by atoms with Crippen LogP contribution >= 0.6 is 0 Å². The van der Waals surface area contributed by atoms with E-state index in [1.165, 1.54) is 49.3 Å². The number of rotatable bonds is 16. The number of aromatic hydroxyl groups is 1. The molecule has 16 heteroatoms. The van der Waals surface area contributed by atoms with Crippen LogP contribution in [0.1, 0.15) is 29.8 Å². The molecule has 4 amide bonds. The average Bonchev–Trinajstić information content (AvgIpc) is 3.65. The first kappa shape index (κ1) is 31.3. The van der Waals surface area contributed by atoms with Gasteiger partial charge in [0.05, 0.1) is 18.7 Å². The molecule has 0 aliphatic rings. The summed E-state index contributed by atoms with van der Waals surface area (Å²) < 4.78 is 0. The SMILES string of the molecule is NC(=O)CCC(NC(=O)C(N)Cc1cnc[nH]1)C(=O)NC(Cc1ccc(O)cc1)C(=O)NC(Cc1cnc[nH]1)C(=O)O. The number of nitrogens with zero attached hydrogens (tertiary/aromatic N) is 2. The molecule has 16 nitrogen and oxygen atoms in total. The van der Waals surface area contributed by atoms with Gasteiger partial charge in [-0.05, 0) is 24.1 Å². The second-order valence-electron chi connectivity index (χ2n) is 9.57. The lowest BCUT2D eigenvalue weighted by Gasteiger charge is -2.25. The molecule has 4 unspecified atom stereocenters. The van der Waals surface area contributed by atoms with Gasteiger partial charge in [0.15, 0.2) is 0 Å². The molecule has 2 heterocycles. The van der Waals surface area contributed by atoms with Crippen LogP contribution in [0.3, 0.4) is 0 Å². The summed E-state index contributed by atoms with van der Waals surface area (Å²) in [4.78, 5) is 76.2. The van der Waals surface area contributed by atoms with E-state index in [2.05, 4.69) is 35.9 Å². The number of hydrogen-bond acceptors (Lipinski definition) is 9. The maximum Gasteiger partial charge on any atom is 0.326 e. The highest BCUT2D eigenvalue weighted by atomic mass is 16.4. The molecule has 0 spiro atoms. The van der Waals surface area contributed by atoms with Crippen molar-refractivity contribution in [3.63, 3.8) is 0 Å². The highest BCUT2D eigenvalue weighted by molar-refractivity contribution is 5.94. The van der Waals surface area contributed by atoms with E-state index in [0.717, 1.165) is 0 Å². The van der Waals surface area contributed by atoms with Crippen LogP contribution in [0.25, 0.3) is 0 Å². The average molecular weight is 584 g/mol. The standard InChI is InChI=1S/C26H33N9O7/c27-18(8-15-10-29-12-31-15)23(38)33-19(5-6-22(28)37)24(39)34-20(7-14-1-3-17(36)4-2-14)25(40)35-21(26(41)42)9-16-11-30-13-32-16/h1-4,10-13,18-21,36H,5-9,27H2,(H2,28,37)(H,29,31)(H,30,32)(H,33,38)(H,34,39)(H,35,40)(H,41,42). The Hall–Kier alpha value is -5.25. The number of carbonyl (C=O) groups is 5. The van der Waals surface area contributed by atoms with Gasteiger partial charge in [0.25, 0.3) is 0 Å². The summed E-state index contributed by atoms with van der Waals surface area (Å²) in [6.07, 6.45) is 5.15. The van der Waals surface area contributed by atoms with Gasteiger partial charge in [-0.15, -0.1) is 0 Å². The quantitative estimate of drug-likeness (QED) is 0.0894. The van der Waals surface area contributed by atoms with Gasteiger partial charge >= 0.3 is 5.97 Å². The van der Waals surface area contributed by atoms with Gasteiger partial charge in [0.2, 0.25) is 23.6 Å². The molecule has 0 aliphatic carbocycles. The van der Waals surface area contributed by atoms with E-state index in [-0.39, 0.29) is 37.9 Å². The third-order valence-electron chi connectivity index (χ3n) is 6.25. The van der Waals surface area contributed by atoms with E-state index in [1.54, 1.807) is 0 Å². The second-order valence-corrected chi connectivity index (χ2v) is 9.57. The van der Waals surface area contributed by atoms with Gasteiger partial charge in [0, 0.05) is 49.5 Å². The highest BCUT2D eigenvalue weighted by Gasteiger charge is 2.31. The number of nitrogens with two attached hydrogens (primary N) is 2. The maximum absolute atomic E-state index is 13.4. The van der Waals surface area contributed by atoms with Crippen LogP contribution < -0.4 is 27.4 Å². The zero-order valence-electron chi connectivity index (χ0n) is 22.4. The Labute approximate surface area is 239 Å². The summed E-state index contributed by atoms with van der Waals surface area (Å²) in [5.74, 6) is -4.39. The molecule has 42 heavy (non-hydrogen) atoms. The van der Waals surface area contributed by atoms with Crippen molar-refractivity contribution < 1.29 is 34.2 Å². The van der Waals surface area contributed by atoms with Crippen LogP contribution in [0, 0.1) is 0 Å². The molecule has 224 valence electrons. The number of carbonyl (C=O) groups excluding carboxylic acids is 4. The number of aromatic nitrogens is 4. The minimum atomic E-state index is -1.36. The van der Waals surface area contributed by atoms with Crippen molar-refractivity contribution in [3.05, 3.63) is 66.3 Å². The lowest BCUT2D eigenvalue weighted by Crippen LogP contribution is -2.58. The summed E-state index contributed by atoms with van der Waals surface area (Å²) in [6.45, 7) is 0. The van der Waals surface area contributed by atoms with Crippen LogP contribution in [-0.4, -0.2) is 83.9 Å². The number of phenolic OH excluding ortho intramolecular Hbond substituents is 1. The number of imidazole rings is 2. The number of carboxylic acids is 1. The van der Waals surface area contributed by atoms with E-state index < -0.39 is 53.8 Å². The number of primary amides is 1. The Morgan fingerprint density at radius 3 is 1.88 bits per heavy atom. The summed E-state index contributed by atoms with van der Waals surface area (Å²) in [5.41, 5.74) is 12.8. The Bertz CT molecular complexity index is 1340. The molecular weight excluding hydrogens is 550 g/mol. The molecule has 3 rings (SSSR count). The number of benzene rings is 1. The smallest absolute Gasteiger partial charge is 0.326 e. The molecule has 1 aromatic carbocycles. The zero-order chi connectivity index (χ0) is 30.6. The van der Waals surface area contributed by atoms with Crippen molar-refractivity contribution >= 4 is 29.6 Å². The molecule has 11 N–H and O–H groups in total. The number of hydrogen-bond donors (Lipinski definition) is 9. The third-order valence-corrected chi connectivity index (χ3v) is 6.25. The van der Waals surface area contributed by atoms with Crippen LogP contribution in [0.2, 0.25) is 0 Å². The van der Waals surface area contributed by atoms with Crippen LogP contribution in [0.4, 0.5) is 0 Å². The molecule has 0 bridgehead atoms. The minimum absolute atomic E-state index is 0.0185. The lowest BCUT2D eigenvalue weighted by atomic mass is 10.0. The van der Waals surface area contributed by atoms with Gasteiger partial charge in [-0.25, -0.2) is 14.8 Å². The number of amides is 4. The van der Waals surface area contributed by atoms with Crippen molar-refractivity contribution in [2.45, 2.75) is 56.3 Å². The number of aromatic amines is 2. The summed E-state index contributed by atoms with van der Waals surface area (Å²) in [7, 11) is 0. The summed E-state index contributed by atoms with van der Waals surface area (Å²) in [5, 5.41) is 26.8. The van der Waals surface area contributed by atoms with Crippen molar-refractivity contribution in [2.75, 3.05) is 0 Å². The minimum Gasteiger partial charge on any atom is -0.508 e. The van der Waals surface area contributed by atoms with E-state index in [4.69, 9.17) is 11.5 Å². The van der Waals surface area contributed by atoms with Crippen molar-refractivity contribution in [2.24, 2.45) is 11.5 Å². The molecule has 4 atom stereocenters. The summed E-state index contributed by atoms with van der Waals surface area (Å²) in [6, 6.07) is 0.810. The predicted molar refractivity (Wildman–Crippen MR) is 146 cm³/mol. The Kier molecular flexibility index (Phi) is 11.1. The van der Waals surface area contributed by atoms with E-state index in [0.29, 0.717) is 17.0 Å². The molecule has 0 radical (unpaired) electrons. The van der Waals surface area contributed by atoms with Gasteiger partial charge in [-0.1, -0.05) is 12.1 Å². The molecular formula is C26H33N9O7. The fourth-order valence-corrected chi connectivity index (χ4v) is 4.00. The van der Waals surface area contributed by atoms with Crippen molar-refractivity contribution in [1.82, 2.24) is 35.9 Å². The fourth-order valence-electron chi connectivity index (χ4n) is 4.00. The van der Waals surface area contributed by atoms with Crippen molar-refractivity contribution in [1.29, 1.82) is 0 Å². The molecule has 0 saturated heterocycles. The summed E-state index contributed by atoms with van der Waals surface area (Å²) >= 11 is 0. The van der Waals surface area contributed by atoms with Crippen LogP contribution in [0.15, 0.2) is 49.3 Å². The van der Waals surface area contributed by atoms with E-state index in [9.17, 15) is 34.2 Å². The molecule has 2 aromatic heterocycles. The number of H-pyrrole nitrogens is 2. The molecule has 0 saturated carbocycles.